The van der Waals surface area contributed by atoms with Crippen molar-refractivity contribution in [2.24, 2.45) is 0 Å². The minimum Gasteiger partial charge on any atom is -0.301 e. The first-order valence-electron chi connectivity index (χ1n) is 9.49. The van der Waals surface area contributed by atoms with Gasteiger partial charge in [0.2, 0.25) is 0 Å². The summed E-state index contributed by atoms with van der Waals surface area (Å²) in [4.78, 5) is 33.1. The van der Waals surface area contributed by atoms with Crippen molar-refractivity contribution in [1.29, 1.82) is 0 Å². The summed E-state index contributed by atoms with van der Waals surface area (Å²) in [5.41, 5.74) is 3.73. The highest BCUT2D eigenvalue weighted by molar-refractivity contribution is 7.99. The molecule has 4 aromatic rings. The molecule has 0 fully saturated rings. The normalized spacial score (nSPS) is 11.2. The van der Waals surface area contributed by atoms with Gasteiger partial charge in [0.15, 0.2) is 10.9 Å². The lowest BCUT2D eigenvalue weighted by atomic mass is 10.0. The average molecular weight is 439 g/mol. The molecule has 0 unspecified atom stereocenters. The first-order valence-corrected chi connectivity index (χ1v) is 11.4. The molecule has 0 atom stereocenters. The van der Waals surface area contributed by atoms with Gasteiger partial charge in [-0.05, 0) is 48.2 Å². The fourth-order valence-electron chi connectivity index (χ4n) is 3.17. The molecule has 2 heterocycles. The van der Waals surface area contributed by atoms with Crippen molar-refractivity contribution in [3.63, 3.8) is 0 Å². The Morgan fingerprint density at radius 1 is 1.20 bits per heavy atom. The van der Waals surface area contributed by atoms with E-state index in [4.69, 9.17) is 0 Å². The molecule has 0 radical (unpaired) electrons. The molecule has 0 aliphatic heterocycles. The Morgan fingerprint density at radius 3 is 2.67 bits per heavy atom. The number of aromatic amines is 1. The molecule has 30 heavy (non-hydrogen) atoms. The lowest BCUT2D eigenvalue weighted by Crippen LogP contribution is -2.10. The number of aryl methyl sites for hydroxylation is 2. The van der Waals surface area contributed by atoms with Gasteiger partial charge in [0.05, 0.1) is 11.1 Å². The highest BCUT2D eigenvalue weighted by Crippen LogP contribution is 2.31. The van der Waals surface area contributed by atoms with E-state index in [9.17, 15) is 14.0 Å². The number of nitrogens with one attached hydrogen (secondary N) is 1. The van der Waals surface area contributed by atoms with Crippen LogP contribution in [0, 0.1) is 12.7 Å². The first-order chi connectivity index (χ1) is 14.5. The third-order valence-electron chi connectivity index (χ3n) is 4.92. The minimum atomic E-state index is -0.339. The van der Waals surface area contributed by atoms with E-state index in [0.717, 1.165) is 17.5 Å². The molecule has 0 saturated carbocycles. The van der Waals surface area contributed by atoms with Crippen LogP contribution < -0.4 is 5.56 Å². The Bertz CT molecular complexity index is 1290. The van der Waals surface area contributed by atoms with Crippen molar-refractivity contribution in [1.82, 2.24) is 9.97 Å². The first kappa shape index (κ1) is 20.5. The summed E-state index contributed by atoms with van der Waals surface area (Å²) in [7, 11) is 0. The second kappa shape index (κ2) is 8.53. The van der Waals surface area contributed by atoms with E-state index in [0.29, 0.717) is 26.5 Å². The van der Waals surface area contributed by atoms with Crippen molar-refractivity contribution in [2.45, 2.75) is 25.4 Å². The van der Waals surface area contributed by atoms with Crippen molar-refractivity contribution < 1.29 is 9.18 Å². The molecule has 7 heteroatoms. The van der Waals surface area contributed by atoms with Crippen LogP contribution in [0.2, 0.25) is 0 Å². The van der Waals surface area contributed by atoms with Crippen LogP contribution in [0.1, 0.15) is 28.4 Å². The zero-order valence-corrected chi connectivity index (χ0v) is 18.1. The molecule has 0 spiro atoms. The van der Waals surface area contributed by atoms with E-state index in [2.05, 4.69) is 29.0 Å². The topological polar surface area (TPSA) is 62.8 Å². The number of fused-ring (bicyclic) bond motifs is 1. The third-order valence-corrected chi connectivity index (χ3v) is 6.66. The number of rotatable bonds is 6. The van der Waals surface area contributed by atoms with E-state index < -0.39 is 0 Å². The molecule has 0 saturated heterocycles. The summed E-state index contributed by atoms with van der Waals surface area (Å²) in [6.45, 7) is 3.72. The molecular weight excluding hydrogens is 419 g/mol. The number of Topliss-reactive ketones (excluding diaryl/α,β-unsaturated/α-hetero) is 1. The number of hydrogen-bond donors (Lipinski definition) is 1. The van der Waals surface area contributed by atoms with E-state index in [-0.39, 0.29) is 22.9 Å². The van der Waals surface area contributed by atoms with Gasteiger partial charge in [-0.15, -0.1) is 11.3 Å². The van der Waals surface area contributed by atoms with Gasteiger partial charge < -0.3 is 4.98 Å². The Balaban J connectivity index is 1.57. The second-order valence-electron chi connectivity index (χ2n) is 6.93. The zero-order chi connectivity index (χ0) is 21.3. The summed E-state index contributed by atoms with van der Waals surface area (Å²) >= 11 is 2.58. The van der Waals surface area contributed by atoms with Gasteiger partial charge in [-0.2, -0.15) is 0 Å². The third kappa shape index (κ3) is 4.08. The molecule has 1 N–H and O–H groups in total. The largest absolute Gasteiger partial charge is 0.301 e. The Morgan fingerprint density at radius 2 is 1.97 bits per heavy atom. The summed E-state index contributed by atoms with van der Waals surface area (Å²) in [6.07, 6.45) is 0.962. The maximum atomic E-state index is 13.4. The molecule has 0 aliphatic rings. The fraction of sp³-hybridized carbons (Fsp3) is 0.174. The summed E-state index contributed by atoms with van der Waals surface area (Å²) in [5.74, 6) is -0.377. The number of aromatic nitrogens is 2. The molecule has 0 bridgehead atoms. The molecule has 4 nitrogen and oxygen atoms in total. The van der Waals surface area contributed by atoms with Crippen LogP contribution in [0.15, 0.2) is 57.8 Å². The number of thioether (sulfide) groups is 1. The Labute approximate surface area is 181 Å². The molecule has 2 aromatic heterocycles. The van der Waals surface area contributed by atoms with E-state index in [1.54, 1.807) is 6.92 Å². The number of H-pyrrole nitrogens is 1. The summed E-state index contributed by atoms with van der Waals surface area (Å²) in [5, 5.41) is 2.90. The molecule has 152 valence electrons. The van der Waals surface area contributed by atoms with Gasteiger partial charge in [0.1, 0.15) is 10.6 Å². The van der Waals surface area contributed by atoms with Gasteiger partial charge >= 0.3 is 0 Å². The number of ketones is 1. The van der Waals surface area contributed by atoms with Crippen LogP contribution in [-0.2, 0) is 6.42 Å². The molecular formula is C23H19FN2O2S2. The standard InChI is InChI=1S/C23H19FN2O2S2/c1-3-14-4-6-15(7-5-14)17-11-29-22-20(17)21(28)25-23(26-22)30-12-19(27)16-8-9-18(24)13(2)10-16/h4-11H,3,12H2,1-2H3,(H,25,26,28). The summed E-state index contributed by atoms with van der Waals surface area (Å²) in [6, 6.07) is 12.5. The van der Waals surface area contributed by atoms with Crippen molar-refractivity contribution in [2.75, 3.05) is 5.75 Å². The van der Waals surface area contributed by atoms with E-state index in [1.807, 2.05) is 17.5 Å². The van der Waals surface area contributed by atoms with Crippen LogP contribution >= 0.6 is 23.1 Å². The van der Waals surface area contributed by atoms with Crippen LogP contribution in [-0.4, -0.2) is 21.5 Å². The lowest BCUT2D eigenvalue weighted by molar-refractivity contribution is 0.102. The highest BCUT2D eigenvalue weighted by atomic mass is 32.2. The van der Waals surface area contributed by atoms with Crippen molar-refractivity contribution in [3.8, 4) is 11.1 Å². The van der Waals surface area contributed by atoms with Gasteiger partial charge in [-0.25, -0.2) is 9.37 Å². The van der Waals surface area contributed by atoms with Crippen LogP contribution in [0.5, 0.6) is 0 Å². The number of nitrogens with zero attached hydrogens (tertiary/aromatic N) is 1. The zero-order valence-electron chi connectivity index (χ0n) is 16.5. The number of thiophene rings is 1. The predicted octanol–water partition coefficient (Wildman–Crippen LogP) is 5.64. The van der Waals surface area contributed by atoms with Crippen LogP contribution in [0.3, 0.4) is 0 Å². The molecule has 0 aliphatic carbocycles. The van der Waals surface area contributed by atoms with E-state index in [1.165, 1.54) is 46.9 Å². The molecule has 2 aromatic carbocycles. The highest BCUT2D eigenvalue weighted by Gasteiger charge is 2.15. The SMILES string of the molecule is CCc1ccc(-c2csc3nc(SCC(=O)c4ccc(F)c(C)c4)[nH]c(=O)c23)cc1. The van der Waals surface area contributed by atoms with E-state index >= 15 is 0 Å². The van der Waals surface area contributed by atoms with Gasteiger partial charge in [0, 0.05) is 16.5 Å². The average Bonchev–Trinajstić information content (AvgIpc) is 3.18. The van der Waals surface area contributed by atoms with Crippen LogP contribution in [0.25, 0.3) is 21.3 Å². The quantitative estimate of drug-likeness (QED) is 0.241. The van der Waals surface area contributed by atoms with Crippen molar-refractivity contribution in [3.05, 3.63) is 80.7 Å². The number of benzene rings is 2. The Hall–Kier alpha value is -2.77. The maximum absolute atomic E-state index is 13.4. The Kier molecular flexibility index (Phi) is 5.83. The maximum Gasteiger partial charge on any atom is 0.260 e. The molecule has 0 amide bonds. The lowest BCUT2D eigenvalue weighted by Gasteiger charge is -2.04. The molecule has 4 rings (SSSR count). The predicted molar refractivity (Wildman–Crippen MR) is 121 cm³/mol. The minimum absolute atomic E-state index is 0.107. The van der Waals surface area contributed by atoms with Crippen molar-refractivity contribution >= 4 is 39.1 Å². The van der Waals surface area contributed by atoms with Gasteiger partial charge in [-0.1, -0.05) is 43.0 Å². The second-order valence-corrected chi connectivity index (χ2v) is 8.75. The number of carbonyl (C=O) groups is 1. The smallest absolute Gasteiger partial charge is 0.260 e. The number of hydrogen-bond acceptors (Lipinski definition) is 5. The fourth-order valence-corrected chi connectivity index (χ4v) is 4.93. The van der Waals surface area contributed by atoms with Crippen LogP contribution in [0.4, 0.5) is 4.39 Å². The number of halogens is 1. The monoisotopic (exact) mass is 438 g/mol. The van der Waals surface area contributed by atoms with Gasteiger partial charge in [0.25, 0.3) is 5.56 Å². The number of carbonyl (C=O) groups excluding carboxylic acids is 1. The van der Waals surface area contributed by atoms with Gasteiger partial charge in [-0.3, -0.25) is 9.59 Å². The summed E-state index contributed by atoms with van der Waals surface area (Å²) < 4.78 is 13.4.